The Bertz CT molecular complexity index is 1480. The van der Waals surface area contributed by atoms with Crippen molar-refractivity contribution in [3.63, 3.8) is 0 Å². The molecule has 0 aliphatic carbocycles. The van der Waals surface area contributed by atoms with Crippen molar-refractivity contribution in [2.45, 2.75) is 26.6 Å². The van der Waals surface area contributed by atoms with Gasteiger partial charge in [-0.15, -0.1) is 11.3 Å². The van der Waals surface area contributed by atoms with Gasteiger partial charge in [0.15, 0.2) is 11.5 Å². The molecule has 2 aliphatic heterocycles. The molecular weight excluding hydrogens is 527 g/mol. The van der Waals surface area contributed by atoms with E-state index >= 15 is 0 Å². The van der Waals surface area contributed by atoms with Gasteiger partial charge in [-0.1, -0.05) is 48.0 Å². The van der Waals surface area contributed by atoms with Crippen molar-refractivity contribution in [1.82, 2.24) is 14.8 Å². The fourth-order valence-corrected chi connectivity index (χ4v) is 5.92. The molecule has 0 unspecified atom stereocenters. The van der Waals surface area contributed by atoms with Crippen molar-refractivity contribution in [2.24, 2.45) is 0 Å². The largest absolute Gasteiger partial charge is 0.454 e. The summed E-state index contributed by atoms with van der Waals surface area (Å²) in [6.07, 6.45) is 0. The number of halogens is 1. The highest BCUT2D eigenvalue weighted by Crippen LogP contribution is 2.33. The third-order valence-electron chi connectivity index (χ3n) is 7.26. The monoisotopic (exact) mass is 558 g/mol. The number of fused-ring (bicyclic) bond motifs is 1. The summed E-state index contributed by atoms with van der Waals surface area (Å²) in [5, 5.41) is 2.74. The average Bonchev–Trinajstić information content (AvgIpc) is 3.64. The lowest BCUT2D eigenvalue weighted by molar-refractivity contribution is 0.0741. The average molecular weight is 559 g/mol. The summed E-state index contributed by atoms with van der Waals surface area (Å²) < 4.78 is 25.3. The molecule has 0 bridgehead atoms. The van der Waals surface area contributed by atoms with Crippen LogP contribution in [-0.2, 0) is 19.6 Å². The molecule has 7 nitrogen and oxygen atoms in total. The number of anilines is 1. The number of carbonyl (C=O) groups is 1. The fraction of sp³-hybridized carbons (Fsp3) is 0.290. The molecule has 206 valence electrons. The highest BCUT2D eigenvalue weighted by Gasteiger charge is 2.25. The highest BCUT2D eigenvalue weighted by atomic mass is 32.1. The smallest absolute Gasteiger partial charge is 0.273 e. The topological polar surface area (TPSA) is 58.1 Å². The minimum Gasteiger partial charge on any atom is -0.454 e. The molecular formula is C31H31FN4O3S. The molecule has 0 spiro atoms. The maximum atomic E-state index is 14.2. The van der Waals surface area contributed by atoms with E-state index in [2.05, 4.69) is 42.2 Å². The third kappa shape index (κ3) is 5.95. The Kier molecular flexibility index (Phi) is 7.66. The van der Waals surface area contributed by atoms with Crippen LogP contribution in [0.5, 0.6) is 11.5 Å². The lowest BCUT2D eigenvalue weighted by atomic mass is 10.1. The van der Waals surface area contributed by atoms with Crippen LogP contribution in [0.25, 0.3) is 0 Å². The number of para-hydroxylation sites is 1. The second kappa shape index (κ2) is 11.7. The van der Waals surface area contributed by atoms with Gasteiger partial charge in [0, 0.05) is 44.6 Å². The van der Waals surface area contributed by atoms with E-state index in [0.717, 1.165) is 28.6 Å². The molecule has 1 aromatic heterocycles. The Morgan fingerprint density at radius 3 is 2.45 bits per heavy atom. The molecule has 1 fully saturated rings. The molecule has 9 heteroatoms. The Labute approximate surface area is 237 Å². The maximum absolute atomic E-state index is 14.2. The minimum atomic E-state index is -0.234. The molecule has 3 heterocycles. The summed E-state index contributed by atoms with van der Waals surface area (Å²) in [6.45, 7) is 6.63. The van der Waals surface area contributed by atoms with Crippen molar-refractivity contribution >= 4 is 22.9 Å². The van der Waals surface area contributed by atoms with Crippen molar-refractivity contribution < 1.29 is 18.7 Å². The summed E-state index contributed by atoms with van der Waals surface area (Å²) in [4.78, 5) is 24.1. The number of thiazole rings is 1. The number of aryl methyl sites for hydroxylation is 1. The van der Waals surface area contributed by atoms with Crippen LogP contribution in [-0.4, -0.2) is 53.7 Å². The molecule has 2 aliphatic rings. The van der Waals surface area contributed by atoms with E-state index in [4.69, 9.17) is 14.5 Å². The molecule has 3 aromatic carbocycles. The van der Waals surface area contributed by atoms with Gasteiger partial charge in [-0.2, -0.15) is 0 Å². The fourth-order valence-electron chi connectivity index (χ4n) is 5.11. The van der Waals surface area contributed by atoms with Crippen molar-refractivity contribution in [3.8, 4) is 11.5 Å². The molecule has 0 N–H and O–H groups in total. The van der Waals surface area contributed by atoms with Gasteiger partial charge < -0.3 is 19.3 Å². The normalized spacial score (nSPS) is 14.7. The van der Waals surface area contributed by atoms with E-state index < -0.39 is 0 Å². The van der Waals surface area contributed by atoms with E-state index in [1.54, 1.807) is 12.1 Å². The Morgan fingerprint density at radius 2 is 1.65 bits per heavy atom. The molecule has 0 radical (unpaired) electrons. The molecule has 40 heavy (non-hydrogen) atoms. The van der Waals surface area contributed by atoms with Gasteiger partial charge >= 0.3 is 0 Å². The first-order chi connectivity index (χ1) is 19.5. The number of nitrogens with zero attached hydrogens (tertiary/aromatic N) is 4. The lowest BCUT2D eigenvalue weighted by Gasteiger charge is -2.35. The lowest BCUT2D eigenvalue weighted by Crippen LogP contribution is -2.49. The summed E-state index contributed by atoms with van der Waals surface area (Å²) in [7, 11) is 0. The Balaban J connectivity index is 1.12. The molecule has 0 atom stereocenters. The SMILES string of the molecule is Cc1ccc(CN(Cc2ccc3c(c2)OCO3)Cc2nc(C(=O)N3CCN(c4ccccc4F)CC3)cs2)cc1. The van der Waals surface area contributed by atoms with Gasteiger partial charge in [-0.25, -0.2) is 9.37 Å². The minimum absolute atomic E-state index is 0.0726. The van der Waals surface area contributed by atoms with Crippen LogP contribution in [0.3, 0.4) is 0 Å². The number of aromatic nitrogens is 1. The van der Waals surface area contributed by atoms with Gasteiger partial charge in [0.1, 0.15) is 16.5 Å². The quantitative estimate of drug-likeness (QED) is 0.285. The first kappa shape index (κ1) is 26.3. The molecule has 0 saturated carbocycles. The zero-order valence-corrected chi connectivity index (χ0v) is 23.2. The first-order valence-electron chi connectivity index (χ1n) is 13.4. The summed E-state index contributed by atoms with van der Waals surface area (Å²) >= 11 is 1.51. The highest BCUT2D eigenvalue weighted by molar-refractivity contribution is 7.09. The van der Waals surface area contributed by atoms with Gasteiger partial charge in [-0.3, -0.25) is 9.69 Å². The number of amides is 1. The molecule has 1 amide bonds. The number of hydrogen-bond donors (Lipinski definition) is 0. The van der Waals surface area contributed by atoms with E-state index in [9.17, 15) is 9.18 Å². The van der Waals surface area contributed by atoms with Crippen LogP contribution in [0.4, 0.5) is 10.1 Å². The van der Waals surface area contributed by atoms with Crippen LogP contribution in [0.2, 0.25) is 0 Å². The van der Waals surface area contributed by atoms with E-state index in [1.807, 2.05) is 33.4 Å². The number of piperazine rings is 1. The second-order valence-electron chi connectivity index (χ2n) is 10.2. The van der Waals surface area contributed by atoms with Crippen molar-refractivity contribution in [2.75, 3.05) is 37.9 Å². The van der Waals surface area contributed by atoms with E-state index in [0.29, 0.717) is 50.6 Å². The molecule has 1 saturated heterocycles. The summed E-state index contributed by atoms with van der Waals surface area (Å²) in [6, 6.07) is 21.4. The van der Waals surface area contributed by atoms with Crippen LogP contribution >= 0.6 is 11.3 Å². The van der Waals surface area contributed by atoms with Crippen molar-refractivity contribution in [3.05, 3.63) is 105 Å². The van der Waals surface area contributed by atoms with Crippen LogP contribution in [0.1, 0.15) is 32.2 Å². The number of rotatable bonds is 8. The zero-order valence-electron chi connectivity index (χ0n) is 22.4. The zero-order chi connectivity index (χ0) is 27.5. The molecule has 6 rings (SSSR count). The number of ether oxygens (including phenoxy) is 2. The predicted octanol–water partition coefficient (Wildman–Crippen LogP) is 5.48. The Hall–Kier alpha value is -3.95. The van der Waals surface area contributed by atoms with Crippen LogP contribution < -0.4 is 14.4 Å². The second-order valence-corrected chi connectivity index (χ2v) is 11.1. The predicted molar refractivity (Wildman–Crippen MR) is 153 cm³/mol. The van der Waals surface area contributed by atoms with Gasteiger partial charge in [-0.05, 0) is 42.3 Å². The summed E-state index contributed by atoms with van der Waals surface area (Å²) in [5.41, 5.74) is 4.62. The number of carbonyl (C=O) groups excluding carboxylic acids is 1. The van der Waals surface area contributed by atoms with E-state index in [-0.39, 0.29) is 18.5 Å². The first-order valence-corrected chi connectivity index (χ1v) is 14.3. The van der Waals surface area contributed by atoms with Gasteiger partial charge in [0.25, 0.3) is 5.91 Å². The van der Waals surface area contributed by atoms with Crippen molar-refractivity contribution in [1.29, 1.82) is 0 Å². The van der Waals surface area contributed by atoms with E-state index in [1.165, 1.54) is 28.5 Å². The Morgan fingerprint density at radius 1 is 0.925 bits per heavy atom. The van der Waals surface area contributed by atoms with Crippen LogP contribution in [0.15, 0.2) is 72.1 Å². The van der Waals surface area contributed by atoms with Gasteiger partial charge in [0.2, 0.25) is 6.79 Å². The van der Waals surface area contributed by atoms with Crippen LogP contribution in [0, 0.1) is 12.7 Å². The maximum Gasteiger partial charge on any atom is 0.273 e. The third-order valence-corrected chi connectivity index (χ3v) is 8.09. The number of benzene rings is 3. The standard InChI is InChI=1S/C31H31FN4O3S/c1-22-6-8-23(9-7-22)17-34(18-24-10-11-28-29(16-24)39-21-38-28)19-30-33-26(20-40-30)31(37)36-14-12-35(13-15-36)27-5-3-2-4-25(27)32/h2-11,16,20H,12-15,17-19,21H2,1H3. The molecule has 4 aromatic rings. The number of hydrogen-bond acceptors (Lipinski definition) is 7. The summed E-state index contributed by atoms with van der Waals surface area (Å²) in [5.74, 6) is 1.23. The van der Waals surface area contributed by atoms with Gasteiger partial charge in [0.05, 0.1) is 12.2 Å².